The number of non-ortho nitro benzene ring substituents is 1. The van der Waals surface area contributed by atoms with Crippen LogP contribution >= 0.6 is 0 Å². The fourth-order valence-electron chi connectivity index (χ4n) is 2.46. The molecule has 0 saturated carbocycles. The maximum Gasteiger partial charge on any atom is 0.340 e. The predicted octanol–water partition coefficient (Wildman–Crippen LogP) is 2.16. The average Bonchev–Trinajstić information content (AvgIpc) is 2.77. The van der Waals surface area contributed by atoms with E-state index in [0.29, 0.717) is 0 Å². The number of benzene rings is 2. The first kappa shape index (κ1) is 23.7. The minimum absolute atomic E-state index is 0.0223. The lowest BCUT2D eigenvalue weighted by atomic mass is 10.1. The number of carbonyl (C=O) groups is 4. The molecular formula is C20H18N4O8. The zero-order chi connectivity index (χ0) is 23.8. The standard InChI is InChI=1S/C20H18N4O8/c1-11(25)17(18(26)21-13-5-4-6-14(10-13)24(29)30)23-22-16-9-12(19(27)31-2)7-8-15(16)20(28)32-3/h4-10,22H,1-3H3,(H,21,26)/b23-17-. The summed E-state index contributed by atoms with van der Waals surface area (Å²) >= 11 is 0. The molecule has 0 saturated heterocycles. The molecule has 0 spiro atoms. The third-order valence-electron chi connectivity index (χ3n) is 4.00. The molecule has 0 aliphatic carbocycles. The molecule has 0 aromatic heterocycles. The van der Waals surface area contributed by atoms with Gasteiger partial charge < -0.3 is 14.8 Å². The van der Waals surface area contributed by atoms with Gasteiger partial charge in [0, 0.05) is 24.7 Å². The van der Waals surface area contributed by atoms with Crippen LogP contribution in [0.4, 0.5) is 17.1 Å². The summed E-state index contributed by atoms with van der Waals surface area (Å²) < 4.78 is 9.30. The largest absolute Gasteiger partial charge is 0.465 e. The van der Waals surface area contributed by atoms with E-state index >= 15 is 0 Å². The van der Waals surface area contributed by atoms with Crippen LogP contribution in [-0.2, 0) is 19.1 Å². The van der Waals surface area contributed by atoms with Crippen molar-refractivity contribution < 1.29 is 33.6 Å². The van der Waals surface area contributed by atoms with Gasteiger partial charge in [-0.05, 0) is 24.3 Å². The van der Waals surface area contributed by atoms with E-state index in [4.69, 9.17) is 0 Å². The summed E-state index contributed by atoms with van der Waals surface area (Å²) in [6.45, 7) is 1.08. The van der Waals surface area contributed by atoms with Gasteiger partial charge in [-0.2, -0.15) is 5.10 Å². The Morgan fingerprint density at radius 3 is 2.28 bits per heavy atom. The molecule has 0 aliphatic rings. The summed E-state index contributed by atoms with van der Waals surface area (Å²) in [5, 5.41) is 17.0. The second-order valence-electron chi connectivity index (χ2n) is 6.13. The van der Waals surface area contributed by atoms with Crippen molar-refractivity contribution in [2.45, 2.75) is 6.92 Å². The van der Waals surface area contributed by atoms with Crippen molar-refractivity contribution in [2.24, 2.45) is 5.10 Å². The number of carbonyl (C=O) groups excluding carboxylic acids is 4. The first-order chi connectivity index (χ1) is 15.2. The number of rotatable bonds is 8. The number of hydrogen-bond donors (Lipinski definition) is 2. The van der Waals surface area contributed by atoms with E-state index in [1.807, 2.05) is 0 Å². The molecule has 0 fully saturated rings. The van der Waals surface area contributed by atoms with Crippen LogP contribution in [0.3, 0.4) is 0 Å². The molecule has 166 valence electrons. The van der Waals surface area contributed by atoms with Crippen LogP contribution in [-0.4, -0.2) is 48.5 Å². The second-order valence-corrected chi connectivity index (χ2v) is 6.13. The number of nitro groups is 1. The Balaban J connectivity index is 2.37. The molecule has 0 heterocycles. The fraction of sp³-hybridized carbons (Fsp3) is 0.150. The predicted molar refractivity (Wildman–Crippen MR) is 113 cm³/mol. The summed E-state index contributed by atoms with van der Waals surface area (Å²) in [7, 11) is 2.32. The third-order valence-corrected chi connectivity index (χ3v) is 4.00. The van der Waals surface area contributed by atoms with Crippen LogP contribution in [0.2, 0.25) is 0 Å². The van der Waals surface area contributed by atoms with Crippen molar-refractivity contribution in [3.8, 4) is 0 Å². The first-order valence-electron chi connectivity index (χ1n) is 8.89. The SMILES string of the molecule is COC(=O)c1ccc(C(=O)OC)c(N/N=C(/C(C)=O)C(=O)Nc2cccc([N+](=O)[O-])c2)c1. The average molecular weight is 442 g/mol. The number of ketones is 1. The summed E-state index contributed by atoms with van der Waals surface area (Å²) in [5.41, 5.74) is 1.66. The number of anilines is 2. The van der Waals surface area contributed by atoms with E-state index in [2.05, 4.69) is 25.3 Å². The molecule has 1 amide bonds. The van der Waals surface area contributed by atoms with Gasteiger partial charge in [0.15, 0.2) is 11.5 Å². The molecule has 0 atom stereocenters. The van der Waals surface area contributed by atoms with Gasteiger partial charge in [0.25, 0.3) is 11.6 Å². The van der Waals surface area contributed by atoms with Gasteiger partial charge in [-0.25, -0.2) is 9.59 Å². The minimum Gasteiger partial charge on any atom is -0.465 e. The number of hydrazone groups is 1. The van der Waals surface area contributed by atoms with Gasteiger partial charge >= 0.3 is 11.9 Å². The maximum absolute atomic E-state index is 12.5. The van der Waals surface area contributed by atoms with Gasteiger partial charge in [-0.1, -0.05) is 6.07 Å². The smallest absolute Gasteiger partial charge is 0.340 e. The summed E-state index contributed by atoms with van der Waals surface area (Å²) in [6.07, 6.45) is 0. The van der Waals surface area contributed by atoms with Gasteiger partial charge in [0.2, 0.25) is 0 Å². The van der Waals surface area contributed by atoms with Crippen LogP contribution in [0.5, 0.6) is 0 Å². The molecule has 2 aromatic carbocycles. The Kier molecular flexibility index (Phi) is 7.71. The summed E-state index contributed by atoms with van der Waals surface area (Å²) in [5.74, 6) is -3.13. The molecule has 12 heteroatoms. The number of nitro benzene ring substituents is 1. The van der Waals surface area contributed by atoms with Crippen molar-refractivity contribution in [1.82, 2.24) is 0 Å². The minimum atomic E-state index is -0.950. The highest BCUT2D eigenvalue weighted by Crippen LogP contribution is 2.20. The van der Waals surface area contributed by atoms with E-state index in [0.717, 1.165) is 20.1 Å². The molecule has 0 radical (unpaired) electrons. The third kappa shape index (κ3) is 5.72. The number of ether oxygens (including phenoxy) is 2. The monoisotopic (exact) mass is 442 g/mol. The summed E-state index contributed by atoms with van der Waals surface area (Å²) in [4.78, 5) is 58.5. The van der Waals surface area contributed by atoms with Crippen LogP contribution in [0, 0.1) is 10.1 Å². The molecule has 2 rings (SSSR count). The molecule has 0 aliphatic heterocycles. The maximum atomic E-state index is 12.5. The van der Waals surface area contributed by atoms with Gasteiger partial charge in [-0.3, -0.25) is 25.1 Å². The van der Waals surface area contributed by atoms with Crippen LogP contribution in [0.15, 0.2) is 47.6 Å². The van der Waals surface area contributed by atoms with Crippen molar-refractivity contribution >= 4 is 46.4 Å². The number of methoxy groups -OCH3 is 2. The highest BCUT2D eigenvalue weighted by atomic mass is 16.6. The number of nitrogens with one attached hydrogen (secondary N) is 2. The Bertz CT molecular complexity index is 1130. The highest BCUT2D eigenvalue weighted by Gasteiger charge is 2.20. The van der Waals surface area contributed by atoms with E-state index < -0.39 is 34.3 Å². The zero-order valence-corrected chi connectivity index (χ0v) is 17.2. The Morgan fingerprint density at radius 2 is 1.69 bits per heavy atom. The topological polar surface area (TPSA) is 166 Å². The fourth-order valence-corrected chi connectivity index (χ4v) is 2.46. The highest BCUT2D eigenvalue weighted by molar-refractivity contribution is 6.67. The first-order valence-corrected chi connectivity index (χ1v) is 8.89. The van der Waals surface area contributed by atoms with Crippen LogP contribution in [0.25, 0.3) is 0 Å². The van der Waals surface area contributed by atoms with E-state index in [1.54, 1.807) is 0 Å². The Hall–Kier alpha value is -4.61. The Labute approximate surface area is 181 Å². The zero-order valence-electron chi connectivity index (χ0n) is 17.2. The number of Topliss-reactive ketones (excluding diaryl/α,β-unsaturated/α-hetero) is 1. The number of nitrogens with zero attached hydrogens (tertiary/aromatic N) is 2. The van der Waals surface area contributed by atoms with Gasteiger partial charge in [0.1, 0.15) is 0 Å². The molecule has 0 unspecified atom stereocenters. The van der Waals surface area contributed by atoms with Gasteiger partial charge in [0.05, 0.1) is 36.0 Å². The Morgan fingerprint density at radius 1 is 1.00 bits per heavy atom. The lowest BCUT2D eigenvalue weighted by molar-refractivity contribution is -0.384. The molecule has 2 N–H and O–H groups in total. The number of amides is 1. The normalized spacial score (nSPS) is 10.7. The number of hydrogen-bond acceptors (Lipinski definition) is 10. The van der Waals surface area contributed by atoms with Crippen molar-refractivity contribution in [3.05, 3.63) is 63.7 Å². The lowest BCUT2D eigenvalue weighted by Crippen LogP contribution is -2.29. The lowest BCUT2D eigenvalue weighted by Gasteiger charge is -2.11. The second kappa shape index (κ2) is 10.4. The molecule has 32 heavy (non-hydrogen) atoms. The molecular weight excluding hydrogens is 424 g/mol. The van der Waals surface area contributed by atoms with Crippen molar-refractivity contribution in [1.29, 1.82) is 0 Å². The van der Waals surface area contributed by atoms with E-state index in [-0.39, 0.29) is 28.2 Å². The molecule has 0 bridgehead atoms. The number of esters is 2. The van der Waals surface area contributed by atoms with Gasteiger partial charge in [-0.15, -0.1) is 0 Å². The van der Waals surface area contributed by atoms with Crippen molar-refractivity contribution in [3.63, 3.8) is 0 Å². The quantitative estimate of drug-likeness (QED) is 0.205. The summed E-state index contributed by atoms with van der Waals surface area (Å²) in [6, 6.07) is 8.94. The molecule has 2 aromatic rings. The van der Waals surface area contributed by atoms with Crippen molar-refractivity contribution in [2.75, 3.05) is 25.0 Å². The molecule has 12 nitrogen and oxygen atoms in total. The van der Waals surface area contributed by atoms with E-state index in [1.165, 1.54) is 43.5 Å². The van der Waals surface area contributed by atoms with Crippen LogP contribution < -0.4 is 10.7 Å². The van der Waals surface area contributed by atoms with Crippen LogP contribution in [0.1, 0.15) is 27.6 Å². The van der Waals surface area contributed by atoms with E-state index in [9.17, 15) is 29.3 Å².